The van der Waals surface area contributed by atoms with Crippen LogP contribution in [0.15, 0.2) is 30.3 Å². The molecule has 5 nitrogen and oxygen atoms in total. The van der Waals surface area contributed by atoms with E-state index in [0.717, 1.165) is 45.6 Å². The summed E-state index contributed by atoms with van der Waals surface area (Å²) in [5.41, 5.74) is 1.32. The van der Waals surface area contributed by atoms with E-state index in [2.05, 4.69) is 36.1 Å². The number of carbonyl (C=O) groups is 2. The van der Waals surface area contributed by atoms with Crippen LogP contribution in [-0.2, 0) is 16.1 Å². The highest BCUT2D eigenvalue weighted by Crippen LogP contribution is 2.17. The molecule has 24 heavy (non-hydrogen) atoms. The largest absolute Gasteiger partial charge is 0.338 e. The van der Waals surface area contributed by atoms with Gasteiger partial charge in [0.15, 0.2) is 0 Å². The van der Waals surface area contributed by atoms with Gasteiger partial charge >= 0.3 is 0 Å². The summed E-state index contributed by atoms with van der Waals surface area (Å²) in [5, 5.41) is 0. The molecule has 3 rings (SSSR count). The Morgan fingerprint density at radius 1 is 1.17 bits per heavy atom. The molecule has 0 saturated carbocycles. The fourth-order valence-corrected chi connectivity index (χ4v) is 3.67. The summed E-state index contributed by atoms with van der Waals surface area (Å²) >= 11 is 0. The molecule has 2 heterocycles. The fourth-order valence-electron chi connectivity index (χ4n) is 3.67. The molecule has 2 amide bonds. The average Bonchev–Trinajstić information content (AvgIpc) is 3.01. The van der Waals surface area contributed by atoms with Crippen molar-refractivity contribution in [2.45, 2.75) is 38.8 Å². The second-order valence-electron chi connectivity index (χ2n) is 6.78. The van der Waals surface area contributed by atoms with Gasteiger partial charge in [-0.3, -0.25) is 14.5 Å². The van der Waals surface area contributed by atoms with E-state index in [1.54, 1.807) is 4.90 Å². The number of likely N-dealkylation sites (tertiary alicyclic amines) is 1. The molecule has 1 atom stereocenters. The van der Waals surface area contributed by atoms with E-state index in [0.29, 0.717) is 12.5 Å². The molecule has 0 aromatic heterocycles. The van der Waals surface area contributed by atoms with E-state index in [1.807, 2.05) is 11.0 Å². The van der Waals surface area contributed by atoms with Crippen molar-refractivity contribution in [3.8, 4) is 0 Å². The molecular weight excluding hydrogens is 302 g/mol. The summed E-state index contributed by atoms with van der Waals surface area (Å²) in [6, 6.07) is 10.9. The Balaban J connectivity index is 1.56. The van der Waals surface area contributed by atoms with E-state index in [1.165, 1.54) is 5.56 Å². The zero-order chi connectivity index (χ0) is 16.9. The fraction of sp³-hybridized carbons (Fsp3) is 0.579. The highest BCUT2D eigenvalue weighted by molar-refractivity contribution is 5.86. The van der Waals surface area contributed by atoms with Crippen molar-refractivity contribution in [3.05, 3.63) is 35.9 Å². The zero-order valence-corrected chi connectivity index (χ0v) is 14.5. The Hall–Kier alpha value is -1.88. The van der Waals surface area contributed by atoms with Crippen molar-refractivity contribution >= 4 is 11.8 Å². The summed E-state index contributed by atoms with van der Waals surface area (Å²) in [4.78, 5) is 30.4. The van der Waals surface area contributed by atoms with Gasteiger partial charge in [0.25, 0.3) is 0 Å². The van der Waals surface area contributed by atoms with Gasteiger partial charge in [-0.2, -0.15) is 0 Å². The predicted molar refractivity (Wildman–Crippen MR) is 93.3 cm³/mol. The molecule has 2 aliphatic rings. The third-order valence-corrected chi connectivity index (χ3v) is 5.15. The minimum Gasteiger partial charge on any atom is -0.338 e. The van der Waals surface area contributed by atoms with E-state index < -0.39 is 0 Å². The van der Waals surface area contributed by atoms with Crippen molar-refractivity contribution in [1.29, 1.82) is 0 Å². The number of hydrogen-bond acceptors (Lipinski definition) is 3. The summed E-state index contributed by atoms with van der Waals surface area (Å²) in [6.07, 6.45) is 2.50. The molecule has 2 aliphatic heterocycles. The van der Waals surface area contributed by atoms with Gasteiger partial charge < -0.3 is 9.80 Å². The van der Waals surface area contributed by atoms with Crippen LogP contribution in [0.4, 0.5) is 0 Å². The van der Waals surface area contributed by atoms with Gasteiger partial charge in [-0.05, 0) is 18.4 Å². The van der Waals surface area contributed by atoms with Crippen molar-refractivity contribution in [2.75, 3.05) is 32.7 Å². The Morgan fingerprint density at radius 3 is 2.62 bits per heavy atom. The first-order valence-corrected chi connectivity index (χ1v) is 9.01. The van der Waals surface area contributed by atoms with Crippen LogP contribution in [0.1, 0.15) is 31.7 Å². The maximum absolute atomic E-state index is 12.5. The average molecular weight is 329 g/mol. The Bertz CT molecular complexity index is 575. The summed E-state index contributed by atoms with van der Waals surface area (Å²) < 4.78 is 0. The summed E-state index contributed by atoms with van der Waals surface area (Å²) in [6.45, 7) is 6.53. The van der Waals surface area contributed by atoms with Gasteiger partial charge in [0.2, 0.25) is 11.8 Å². The van der Waals surface area contributed by atoms with Crippen LogP contribution >= 0.6 is 0 Å². The van der Waals surface area contributed by atoms with Crippen molar-refractivity contribution < 1.29 is 9.59 Å². The van der Waals surface area contributed by atoms with Gasteiger partial charge in [0.05, 0.1) is 6.54 Å². The molecule has 0 aliphatic carbocycles. The smallest absolute Gasteiger partial charge is 0.242 e. The van der Waals surface area contributed by atoms with E-state index in [9.17, 15) is 9.59 Å². The number of carbonyl (C=O) groups excluding carboxylic acids is 2. The van der Waals surface area contributed by atoms with Crippen LogP contribution in [0.5, 0.6) is 0 Å². The Kier molecular flexibility index (Phi) is 5.51. The van der Waals surface area contributed by atoms with Gasteiger partial charge in [-0.25, -0.2) is 0 Å². The maximum Gasteiger partial charge on any atom is 0.242 e. The van der Waals surface area contributed by atoms with Crippen LogP contribution in [0.2, 0.25) is 0 Å². The van der Waals surface area contributed by atoms with Crippen LogP contribution in [-0.4, -0.2) is 65.3 Å². The first-order valence-electron chi connectivity index (χ1n) is 9.01. The molecule has 0 spiro atoms. The van der Waals surface area contributed by atoms with Crippen molar-refractivity contribution in [2.24, 2.45) is 0 Å². The minimum atomic E-state index is 0.100. The molecule has 130 valence electrons. The maximum atomic E-state index is 12.5. The molecule has 0 radical (unpaired) electrons. The van der Waals surface area contributed by atoms with Gasteiger partial charge in [-0.1, -0.05) is 37.3 Å². The number of benzene rings is 1. The highest BCUT2D eigenvalue weighted by Gasteiger charge is 2.30. The Labute approximate surface area is 144 Å². The van der Waals surface area contributed by atoms with Crippen LogP contribution in [0.3, 0.4) is 0 Å². The molecule has 2 saturated heterocycles. The lowest BCUT2D eigenvalue weighted by Crippen LogP contribution is -2.55. The first-order chi connectivity index (χ1) is 11.7. The second kappa shape index (κ2) is 7.79. The SMILES string of the molecule is CCC1CN(C(=O)CN2CCCC2=O)CCN1Cc1ccccc1. The first kappa shape index (κ1) is 17.0. The van der Waals surface area contributed by atoms with E-state index in [-0.39, 0.29) is 18.4 Å². The van der Waals surface area contributed by atoms with Crippen LogP contribution in [0, 0.1) is 0 Å². The molecule has 2 fully saturated rings. The highest BCUT2D eigenvalue weighted by atomic mass is 16.2. The second-order valence-corrected chi connectivity index (χ2v) is 6.78. The molecule has 1 aromatic carbocycles. The lowest BCUT2D eigenvalue weighted by Gasteiger charge is -2.41. The third-order valence-electron chi connectivity index (χ3n) is 5.15. The van der Waals surface area contributed by atoms with Gasteiger partial charge in [0.1, 0.15) is 0 Å². The number of amides is 2. The zero-order valence-electron chi connectivity index (χ0n) is 14.5. The van der Waals surface area contributed by atoms with Crippen molar-refractivity contribution in [3.63, 3.8) is 0 Å². The number of rotatable bonds is 5. The van der Waals surface area contributed by atoms with Gasteiger partial charge in [-0.15, -0.1) is 0 Å². The third kappa shape index (κ3) is 3.96. The van der Waals surface area contributed by atoms with Gasteiger partial charge in [0, 0.05) is 45.2 Å². The molecule has 0 N–H and O–H groups in total. The normalized spacial score (nSPS) is 22.2. The molecule has 5 heteroatoms. The number of nitrogens with zero attached hydrogens (tertiary/aromatic N) is 3. The topological polar surface area (TPSA) is 43.9 Å². The van der Waals surface area contributed by atoms with Crippen LogP contribution < -0.4 is 0 Å². The lowest BCUT2D eigenvalue weighted by molar-refractivity contribution is -0.140. The standard InChI is InChI=1S/C19H27N3O2/c1-2-17-14-22(19(24)15-21-10-6-9-18(21)23)12-11-20(17)13-16-7-4-3-5-8-16/h3-5,7-8,17H,2,6,9-15H2,1H3. The van der Waals surface area contributed by atoms with Crippen LogP contribution in [0.25, 0.3) is 0 Å². The molecule has 0 bridgehead atoms. The van der Waals surface area contributed by atoms with Crippen molar-refractivity contribution in [1.82, 2.24) is 14.7 Å². The molecular formula is C19H27N3O2. The predicted octanol–water partition coefficient (Wildman–Crippen LogP) is 1.73. The quantitative estimate of drug-likeness (QED) is 0.826. The molecule has 1 unspecified atom stereocenters. The summed E-state index contributed by atoms with van der Waals surface area (Å²) in [7, 11) is 0. The summed E-state index contributed by atoms with van der Waals surface area (Å²) in [5.74, 6) is 0.223. The number of hydrogen-bond donors (Lipinski definition) is 0. The Morgan fingerprint density at radius 2 is 1.96 bits per heavy atom. The molecule has 1 aromatic rings. The lowest BCUT2D eigenvalue weighted by atomic mass is 10.1. The monoisotopic (exact) mass is 329 g/mol. The van der Waals surface area contributed by atoms with E-state index in [4.69, 9.17) is 0 Å². The number of piperazine rings is 1. The van der Waals surface area contributed by atoms with E-state index >= 15 is 0 Å². The minimum absolute atomic E-state index is 0.100.